The van der Waals surface area contributed by atoms with Crippen molar-refractivity contribution in [2.75, 3.05) is 13.7 Å². The van der Waals surface area contributed by atoms with Crippen molar-refractivity contribution in [1.82, 2.24) is 10.6 Å². The predicted octanol–water partition coefficient (Wildman–Crippen LogP) is 2.72. The van der Waals surface area contributed by atoms with Gasteiger partial charge in [0, 0.05) is 18.7 Å². The van der Waals surface area contributed by atoms with Crippen molar-refractivity contribution in [2.45, 2.75) is 20.0 Å². The highest BCUT2D eigenvalue weighted by Gasteiger charge is 2.07. The van der Waals surface area contributed by atoms with Crippen molar-refractivity contribution in [3.05, 3.63) is 46.2 Å². The number of nitrogens with zero attached hydrogens (tertiary/aromatic N) is 1. The van der Waals surface area contributed by atoms with E-state index in [-0.39, 0.29) is 5.75 Å². The average Bonchev–Trinajstić information content (AvgIpc) is 3.04. The van der Waals surface area contributed by atoms with Gasteiger partial charge >= 0.3 is 0 Å². The Morgan fingerprint density at radius 1 is 1.32 bits per heavy atom. The van der Waals surface area contributed by atoms with Crippen molar-refractivity contribution in [1.29, 1.82) is 0 Å². The third-order valence-electron chi connectivity index (χ3n) is 3.09. The molecule has 0 bridgehead atoms. The molecular formula is C16H21N3O2S. The fraction of sp³-hybridized carbons (Fsp3) is 0.312. The van der Waals surface area contributed by atoms with Gasteiger partial charge in [0.25, 0.3) is 0 Å². The van der Waals surface area contributed by atoms with Crippen LogP contribution in [0.25, 0.3) is 0 Å². The minimum atomic E-state index is 0.159. The van der Waals surface area contributed by atoms with Gasteiger partial charge < -0.3 is 20.5 Å². The minimum Gasteiger partial charge on any atom is -0.504 e. The molecule has 0 radical (unpaired) electrons. The number of phenols is 1. The van der Waals surface area contributed by atoms with E-state index in [9.17, 15) is 5.11 Å². The van der Waals surface area contributed by atoms with Crippen LogP contribution in [0.15, 0.2) is 40.0 Å². The maximum absolute atomic E-state index is 10.1. The van der Waals surface area contributed by atoms with Crippen LogP contribution in [-0.4, -0.2) is 24.7 Å². The number of thiophene rings is 1. The molecule has 118 valence electrons. The Labute approximate surface area is 134 Å². The summed E-state index contributed by atoms with van der Waals surface area (Å²) < 4.78 is 5.11. The molecule has 6 heteroatoms. The van der Waals surface area contributed by atoms with Gasteiger partial charge in [-0.3, -0.25) is 0 Å². The fourth-order valence-corrected chi connectivity index (χ4v) is 2.61. The molecule has 5 nitrogen and oxygen atoms in total. The number of rotatable bonds is 6. The predicted molar refractivity (Wildman–Crippen MR) is 90.6 cm³/mol. The quantitative estimate of drug-likeness (QED) is 0.566. The number of nitrogens with one attached hydrogen (secondary N) is 2. The van der Waals surface area contributed by atoms with Crippen LogP contribution < -0.4 is 15.4 Å². The Balaban J connectivity index is 2.01. The average molecular weight is 319 g/mol. The van der Waals surface area contributed by atoms with Crippen LogP contribution >= 0.6 is 11.3 Å². The maximum atomic E-state index is 10.1. The smallest absolute Gasteiger partial charge is 0.191 e. The second kappa shape index (κ2) is 8.29. The van der Waals surface area contributed by atoms with Crippen LogP contribution in [0.2, 0.25) is 0 Å². The van der Waals surface area contributed by atoms with Crippen molar-refractivity contribution < 1.29 is 9.84 Å². The fourth-order valence-electron chi connectivity index (χ4n) is 1.95. The third-order valence-corrected chi connectivity index (χ3v) is 3.82. The molecule has 1 aromatic carbocycles. The molecule has 0 spiro atoms. The van der Waals surface area contributed by atoms with Gasteiger partial charge in [0.05, 0.1) is 13.7 Å². The topological polar surface area (TPSA) is 65.9 Å². The first-order chi connectivity index (χ1) is 10.7. The van der Waals surface area contributed by atoms with Gasteiger partial charge in [-0.1, -0.05) is 12.1 Å². The Bertz CT molecular complexity index is 612. The number of ether oxygens (including phenoxy) is 1. The Hall–Kier alpha value is -2.21. The standard InChI is InChI=1S/C16H21N3O2S/c1-3-17-16(18-9-12-7-8-22-11-12)19-10-13-5-4-6-14(21-2)15(13)20/h4-8,11,20H,3,9-10H2,1-2H3,(H2,17,18,19). The third kappa shape index (κ3) is 4.39. The Kier molecular flexibility index (Phi) is 6.09. The summed E-state index contributed by atoms with van der Waals surface area (Å²) in [5.41, 5.74) is 1.95. The summed E-state index contributed by atoms with van der Waals surface area (Å²) in [6.07, 6.45) is 0. The monoisotopic (exact) mass is 319 g/mol. The molecule has 3 N–H and O–H groups in total. The highest BCUT2D eigenvalue weighted by atomic mass is 32.1. The van der Waals surface area contributed by atoms with E-state index in [1.807, 2.05) is 24.4 Å². The van der Waals surface area contributed by atoms with Gasteiger partial charge in [-0.2, -0.15) is 11.3 Å². The van der Waals surface area contributed by atoms with E-state index in [0.717, 1.165) is 18.1 Å². The molecule has 22 heavy (non-hydrogen) atoms. The molecule has 0 aliphatic rings. The number of para-hydroxylation sites is 1. The Morgan fingerprint density at radius 3 is 2.86 bits per heavy atom. The summed E-state index contributed by atoms with van der Waals surface area (Å²) >= 11 is 1.66. The SMILES string of the molecule is CCNC(=NCc1ccsc1)NCc1cccc(OC)c1O. The zero-order chi connectivity index (χ0) is 15.8. The van der Waals surface area contributed by atoms with Gasteiger partial charge in [0.1, 0.15) is 0 Å². The van der Waals surface area contributed by atoms with Crippen molar-refractivity contribution in [3.63, 3.8) is 0 Å². The molecule has 1 heterocycles. The number of guanidine groups is 1. The molecule has 1 aromatic heterocycles. The van der Waals surface area contributed by atoms with E-state index in [4.69, 9.17) is 4.74 Å². The molecule has 0 aliphatic carbocycles. The molecule has 0 aliphatic heterocycles. The number of aliphatic imine (C=N–C) groups is 1. The van der Waals surface area contributed by atoms with E-state index in [0.29, 0.717) is 18.8 Å². The molecule has 0 saturated carbocycles. The van der Waals surface area contributed by atoms with E-state index in [1.54, 1.807) is 24.5 Å². The van der Waals surface area contributed by atoms with Crippen LogP contribution in [0.1, 0.15) is 18.1 Å². The summed E-state index contributed by atoms with van der Waals surface area (Å²) in [5.74, 6) is 1.35. The molecule has 0 unspecified atom stereocenters. The number of hydrogen-bond donors (Lipinski definition) is 3. The second-order valence-electron chi connectivity index (χ2n) is 4.65. The summed E-state index contributed by atoms with van der Waals surface area (Å²) in [4.78, 5) is 4.53. The minimum absolute atomic E-state index is 0.159. The number of methoxy groups -OCH3 is 1. The van der Waals surface area contributed by atoms with Crippen LogP contribution in [-0.2, 0) is 13.1 Å². The van der Waals surface area contributed by atoms with E-state index in [1.165, 1.54) is 5.56 Å². The van der Waals surface area contributed by atoms with E-state index >= 15 is 0 Å². The van der Waals surface area contributed by atoms with Gasteiger partial charge in [-0.25, -0.2) is 4.99 Å². The molecule has 2 rings (SSSR count). The zero-order valence-corrected chi connectivity index (χ0v) is 13.6. The molecular weight excluding hydrogens is 298 g/mol. The lowest BCUT2D eigenvalue weighted by molar-refractivity contribution is 0.370. The van der Waals surface area contributed by atoms with E-state index in [2.05, 4.69) is 27.1 Å². The van der Waals surface area contributed by atoms with Crippen LogP contribution in [0.3, 0.4) is 0 Å². The normalized spacial score (nSPS) is 11.3. The van der Waals surface area contributed by atoms with E-state index < -0.39 is 0 Å². The van der Waals surface area contributed by atoms with Crippen LogP contribution in [0, 0.1) is 0 Å². The van der Waals surface area contributed by atoms with Gasteiger partial charge in [-0.15, -0.1) is 0 Å². The first-order valence-electron chi connectivity index (χ1n) is 7.12. The van der Waals surface area contributed by atoms with Crippen molar-refractivity contribution >= 4 is 17.3 Å². The van der Waals surface area contributed by atoms with Crippen molar-refractivity contribution in [2.24, 2.45) is 4.99 Å². The molecule has 0 amide bonds. The molecule has 0 saturated heterocycles. The molecule has 0 atom stereocenters. The first kappa shape index (κ1) is 16.2. The number of phenolic OH excluding ortho intramolecular Hbond substituents is 1. The summed E-state index contributed by atoms with van der Waals surface area (Å²) in [6.45, 7) is 3.89. The van der Waals surface area contributed by atoms with Crippen molar-refractivity contribution in [3.8, 4) is 11.5 Å². The van der Waals surface area contributed by atoms with Crippen LogP contribution in [0.5, 0.6) is 11.5 Å². The lowest BCUT2D eigenvalue weighted by Crippen LogP contribution is -2.36. The number of benzene rings is 1. The lowest BCUT2D eigenvalue weighted by Gasteiger charge is -2.13. The maximum Gasteiger partial charge on any atom is 0.191 e. The largest absolute Gasteiger partial charge is 0.504 e. The molecule has 0 fully saturated rings. The number of hydrogen-bond acceptors (Lipinski definition) is 4. The summed E-state index contributed by atoms with van der Waals surface area (Å²) in [6, 6.07) is 7.50. The van der Waals surface area contributed by atoms with Gasteiger partial charge in [0.2, 0.25) is 0 Å². The summed E-state index contributed by atoms with van der Waals surface area (Å²) in [7, 11) is 1.54. The second-order valence-corrected chi connectivity index (χ2v) is 5.43. The highest BCUT2D eigenvalue weighted by molar-refractivity contribution is 7.07. The lowest BCUT2D eigenvalue weighted by atomic mass is 10.2. The summed E-state index contributed by atoms with van der Waals surface area (Å²) in [5, 5.41) is 20.6. The first-order valence-corrected chi connectivity index (χ1v) is 8.07. The highest BCUT2D eigenvalue weighted by Crippen LogP contribution is 2.29. The van der Waals surface area contributed by atoms with Gasteiger partial charge in [-0.05, 0) is 35.4 Å². The Morgan fingerprint density at radius 2 is 2.18 bits per heavy atom. The zero-order valence-electron chi connectivity index (χ0n) is 12.8. The van der Waals surface area contributed by atoms with Gasteiger partial charge in [0.15, 0.2) is 17.5 Å². The number of aromatic hydroxyl groups is 1. The molecule has 2 aromatic rings. The van der Waals surface area contributed by atoms with Crippen LogP contribution in [0.4, 0.5) is 0 Å².